The molecule has 0 bridgehead atoms. The Kier molecular flexibility index (Phi) is 1.45. The van der Waals surface area contributed by atoms with Gasteiger partial charge in [-0.25, -0.2) is 4.79 Å². The Morgan fingerprint density at radius 1 is 1.55 bits per heavy atom. The first-order chi connectivity index (χ1) is 5.70. The zero-order valence-corrected chi connectivity index (χ0v) is 7.18. The van der Waals surface area contributed by atoms with Crippen molar-refractivity contribution in [3.8, 4) is 0 Å². The zero-order chi connectivity index (χ0) is 10.3. The van der Waals surface area contributed by atoms with Crippen LogP contribution in [0.1, 0.15) is 29.9 Å². The molecule has 0 aromatic rings. The third-order valence-electron chi connectivity index (χ3n) is 1.26. The van der Waals surface area contributed by atoms with Gasteiger partial charge in [-0.1, -0.05) is 0 Å². The summed E-state index contributed by atoms with van der Waals surface area (Å²) in [5.74, 6) is 0. The molecular weight excluding hydrogens is 142 g/mol. The summed E-state index contributed by atoms with van der Waals surface area (Å²) in [6.07, 6.45) is -1.65. The fourth-order valence-electron chi connectivity index (χ4n) is 0.679. The fraction of sp³-hybridized carbons (Fsp3) is 0.875. The van der Waals surface area contributed by atoms with Gasteiger partial charge in [0.2, 0.25) is 0 Å². The first-order valence-electron chi connectivity index (χ1n) is 4.68. The number of hydrogen-bond acceptors (Lipinski definition) is 2. The smallest absolute Gasteiger partial charge is 0.410 e. The predicted molar refractivity (Wildman–Crippen MR) is 42.4 cm³/mol. The summed E-state index contributed by atoms with van der Waals surface area (Å²) in [4.78, 5) is 12.6. The van der Waals surface area contributed by atoms with E-state index in [1.165, 1.54) is 4.90 Å². The monoisotopic (exact) mass is 159 g/mol. The lowest BCUT2D eigenvalue weighted by Crippen LogP contribution is -2.44. The molecule has 0 unspecified atom stereocenters. The van der Waals surface area contributed by atoms with E-state index in [1.807, 2.05) is 0 Å². The summed E-state index contributed by atoms with van der Waals surface area (Å²) in [6.45, 7) is 5.65. The van der Waals surface area contributed by atoms with Crippen molar-refractivity contribution in [3.05, 3.63) is 0 Å². The molecule has 1 fully saturated rings. The summed E-state index contributed by atoms with van der Waals surface area (Å²) >= 11 is 0. The van der Waals surface area contributed by atoms with Crippen molar-refractivity contribution in [1.29, 1.82) is 0 Å². The maximum atomic E-state index is 11.3. The van der Waals surface area contributed by atoms with Crippen LogP contribution < -0.4 is 0 Å². The van der Waals surface area contributed by atoms with Crippen LogP contribution in [0.3, 0.4) is 0 Å². The van der Waals surface area contributed by atoms with Gasteiger partial charge >= 0.3 is 6.09 Å². The molecule has 0 saturated carbocycles. The zero-order valence-electron chi connectivity index (χ0n) is 9.18. The van der Waals surface area contributed by atoms with Gasteiger partial charge < -0.3 is 9.64 Å². The van der Waals surface area contributed by atoms with Crippen LogP contribution in [0.2, 0.25) is 0 Å². The Bertz CT molecular complexity index is 215. The number of carbonyl (C=O) groups excluding carboxylic acids is 1. The number of ether oxygens (including phenoxy) is 1. The quantitative estimate of drug-likeness (QED) is 0.537. The number of likely N-dealkylation sites (tertiary alicyclic amines) is 1. The highest BCUT2D eigenvalue weighted by atomic mass is 16.6. The molecule has 11 heavy (non-hydrogen) atoms. The Morgan fingerprint density at radius 2 is 2.09 bits per heavy atom. The number of carbonyl (C=O) groups is 1. The SMILES string of the molecule is [2H]C1([2H])CN(C(=O)OC(C)(C)C)C1. The predicted octanol–water partition coefficient (Wildman–Crippen LogP) is 1.63. The third-order valence-corrected chi connectivity index (χ3v) is 1.26. The van der Waals surface area contributed by atoms with E-state index in [0.717, 1.165) is 0 Å². The largest absolute Gasteiger partial charge is 0.444 e. The molecule has 64 valence electrons. The lowest BCUT2D eigenvalue weighted by atomic mass is 10.2. The maximum absolute atomic E-state index is 11.3. The molecule has 0 radical (unpaired) electrons. The van der Waals surface area contributed by atoms with Crippen molar-refractivity contribution in [2.45, 2.75) is 32.7 Å². The van der Waals surface area contributed by atoms with Gasteiger partial charge in [0, 0.05) is 15.8 Å². The molecule has 1 heterocycles. The first-order valence-corrected chi connectivity index (χ1v) is 3.68. The van der Waals surface area contributed by atoms with Gasteiger partial charge in [0.15, 0.2) is 0 Å². The average molecular weight is 159 g/mol. The molecule has 0 spiro atoms. The van der Waals surface area contributed by atoms with Crippen molar-refractivity contribution in [3.63, 3.8) is 0 Å². The van der Waals surface area contributed by atoms with Crippen LogP contribution in [0.15, 0.2) is 0 Å². The summed E-state index contributed by atoms with van der Waals surface area (Å²) < 4.78 is 19.5. The summed E-state index contributed by atoms with van der Waals surface area (Å²) in [7, 11) is 0. The minimum atomic E-state index is -1.23. The molecule has 1 rings (SSSR count). The van der Waals surface area contributed by atoms with Crippen molar-refractivity contribution < 1.29 is 12.3 Å². The highest BCUT2D eigenvalue weighted by Crippen LogP contribution is 2.13. The maximum Gasteiger partial charge on any atom is 0.410 e. The highest BCUT2D eigenvalue weighted by Gasteiger charge is 2.25. The van der Waals surface area contributed by atoms with Gasteiger partial charge in [-0.2, -0.15) is 0 Å². The van der Waals surface area contributed by atoms with Gasteiger partial charge in [-0.15, -0.1) is 0 Å². The van der Waals surface area contributed by atoms with Crippen LogP contribution in [-0.2, 0) is 4.74 Å². The van der Waals surface area contributed by atoms with Crippen molar-refractivity contribution in [1.82, 2.24) is 4.90 Å². The second kappa shape index (κ2) is 2.72. The second-order valence-electron chi connectivity index (χ2n) is 3.59. The molecule has 1 aliphatic heterocycles. The summed E-state index contributed by atoms with van der Waals surface area (Å²) in [5.41, 5.74) is -0.501. The van der Waals surface area contributed by atoms with Gasteiger partial charge in [-0.05, 0) is 27.1 Å². The molecule has 0 aromatic heterocycles. The number of nitrogens with zero attached hydrogens (tertiary/aromatic N) is 1. The lowest BCUT2D eigenvalue weighted by molar-refractivity contribution is 0.0131. The van der Waals surface area contributed by atoms with Crippen LogP contribution in [0, 0.1) is 0 Å². The molecule has 1 aliphatic rings. The number of rotatable bonds is 0. The normalized spacial score (nSPS) is 24.8. The van der Waals surface area contributed by atoms with Crippen LogP contribution in [0.4, 0.5) is 4.79 Å². The third kappa shape index (κ3) is 2.41. The molecular formula is C8H15NO2. The first kappa shape index (κ1) is 5.86. The van der Waals surface area contributed by atoms with E-state index >= 15 is 0 Å². The van der Waals surface area contributed by atoms with E-state index in [9.17, 15) is 4.79 Å². The Labute approximate surface area is 70.1 Å². The van der Waals surface area contributed by atoms with Gasteiger partial charge in [-0.3, -0.25) is 0 Å². The molecule has 3 nitrogen and oxygen atoms in total. The number of hydrogen-bond donors (Lipinski definition) is 0. The van der Waals surface area contributed by atoms with E-state index < -0.39 is 18.1 Å². The molecule has 0 aromatic carbocycles. The summed E-state index contributed by atoms with van der Waals surface area (Å²) in [6, 6.07) is 0. The van der Waals surface area contributed by atoms with E-state index in [0.29, 0.717) is 0 Å². The van der Waals surface area contributed by atoms with Crippen molar-refractivity contribution >= 4 is 6.09 Å². The van der Waals surface area contributed by atoms with Gasteiger partial charge in [0.1, 0.15) is 5.60 Å². The molecule has 3 heteroatoms. The van der Waals surface area contributed by atoms with E-state index in [1.54, 1.807) is 20.8 Å². The molecule has 0 aliphatic carbocycles. The molecule has 0 atom stereocenters. The fourth-order valence-corrected chi connectivity index (χ4v) is 0.679. The molecule has 1 saturated heterocycles. The van der Waals surface area contributed by atoms with Crippen molar-refractivity contribution in [2.75, 3.05) is 13.1 Å². The van der Waals surface area contributed by atoms with Crippen LogP contribution in [-0.4, -0.2) is 29.7 Å². The van der Waals surface area contributed by atoms with Gasteiger partial charge in [0.05, 0.1) is 0 Å². The van der Waals surface area contributed by atoms with E-state index in [4.69, 9.17) is 7.48 Å². The van der Waals surface area contributed by atoms with E-state index in [2.05, 4.69) is 0 Å². The minimum Gasteiger partial charge on any atom is -0.444 e. The van der Waals surface area contributed by atoms with Crippen LogP contribution in [0.5, 0.6) is 0 Å². The Balaban J connectivity index is 2.36. The molecule has 0 N–H and O–H groups in total. The minimum absolute atomic E-state index is 0.141. The average Bonchev–Trinajstić information content (AvgIpc) is 1.77. The number of amides is 1. The van der Waals surface area contributed by atoms with Crippen LogP contribution >= 0.6 is 0 Å². The Morgan fingerprint density at radius 3 is 2.45 bits per heavy atom. The lowest BCUT2D eigenvalue weighted by Gasteiger charge is -2.32. The Hall–Kier alpha value is -0.730. The van der Waals surface area contributed by atoms with E-state index in [-0.39, 0.29) is 13.1 Å². The van der Waals surface area contributed by atoms with Crippen LogP contribution in [0.25, 0.3) is 0 Å². The highest BCUT2D eigenvalue weighted by molar-refractivity contribution is 5.68. The second-order valence-corrected chi connectivity index (χ2v) is 3.59. The van der Waals surface area contributed by atoms with Gasteiger partial charge in [0.25, 0.3) is 0 Å². The standard InChI is InChI=1S/C8H15NO2/c1-8(2,3)11-7(10)9-5-4-6-9/h4-6H2,1-3H3/i4D2. The topological polar surface area (TPSA) is 29.5 Å². The van der Waals surface area contributed by atoms with Crippen molar-refractivity contribution in [2.24, 2.45) is 0 Å². The molecule has 1 amide bonds. The summed E-state index contributed by atoms with van der Waals surface area (Å²) in [5, 5.41) is 0.